The minimum atomic E-state index is -0.580. The van der Waals surface area contributed by atoms with Gasteiger partial charge in [0.2, 0.25) is 0 Å². The normalized spacial score (nSPS) is 17.1. The number of hydrogen-bond acceptors (Lipinski definition) is 6. The zero-order chi connectivity index (χ0) is 20.6. The van der Waals surface area contributed by atoms with Crippen LogP contribution in [0.3, 0.4) is 0 Å². The van der Waals surface area contributed by atoms with Crippen LogP contribution >= 0.6 is 11.6 Å². The zero-order valence-electron chi connectivity index (χ0n) is 16.8. The maximum atomic E-state index is 10.3. The molecule has 0 radical (unpaired) electrons. The minimum absolute atomic E-state index is 0.0824. The SMILES string of the molecule is COC[C@@H](O)CN(Cc1cccc(OC)c1)C[C@@H]1CC(c2ccc(Cl)cc2)=NO1. The zero-order valence-corrected chi connectivity index (χ0v) is 17.5. The van der Waals surface area contributed by atoms with Crippen LogP contribution in [-0.2, 0) is 16.1 Å². The Morgan fingerprint density at radius 1 is 1.24 bits per heavy atom. The lowest BCUT2D eigenvalue weighted by Gasteiger charge is -2.27. The van der Waals surface area contributed by atoms with Crippen molar-refractivity contribution in [3.8, 4) is 5.75 Å². The van der Waals surface area contributed by atoms with Gasteiger partial charge >= 0.3 is 0 Å². The van der Waals surface area contributed by atoms with E-state index in [-0.39, 0.29) is 12.7 Å². The Morgan fingerprint density at radius 2 is 2.03 bits per heavy atom. The quantitative estimate of drug-likeness (QED) is 0.641. The molecule has 0 bridgehead atoms. The van der Waals surface area contributed by atoms with Crippen LogP contribution in [0.1, 0.15) is 17.5 Å². The van der Waals surface area contributed by atoms with Gasteiger partial charge in [-0.1, -0.05) is 41.0 Å². The largest absolute Gasteiger partial charge is 0.497 e. The summed E-state index contributed by atoms with van der Waals surface area (Å²) in [6, 6.07) is 15.5. The lowest BCUT2D eigenvalue weighted by atomic mass is 10.0. The summed E-state index contributed by atoms with van der Waals surface area (Å²) in [7, 11) is 3.24. The maximum absolute atomic E-state index is 10.3. The van der Waals surface area contributed by atoms with E-state index in [1.54, 1.807) is 14.2 Å². The third-order valence-corrected chi connectivity index (χ3v) is 4.99. The Balaban J connectivity index is 1.64. The first-order chi connectivity index (χ1) is 14.1. The van der Waals surface area contributed by atoms with Gasteiger partial charge in [-0.15, -0.1) is 0 Å². The number of oxime groups is 1. The van der Waals surface area contributed by atoms with Crippen molar-refractivity contribution in [2.45, 2.75) is 25.2 Å². The fraction of sp³-hybridized carbons (Fsp3) is 0.409. The molecule has 0 aliphatic carbocycles. The van der Waals surface area contributed by atoms with Gasteiger partial charge in [-0.2, -0.15) is 0 Å². The summed E-state index contributed by atoms with van der Waals surface area (Å²) < 4.78 is 10.4. The Kier molecular flexibility index (Phi) is 7.89. The molecule has 0 aromatic heterocycles. The molecule has 2 aromatic carbocycles. The molecule has 0 unspecified atom stereocenters. The summed E-state index contributed by atoms with van der Waals surface area (Å²) in [5.74, 6) is 0.811. The molecular formula is C22H27ClN2O4. The van der Waals surface area contributed by atoms with Gasteiger partial charge in [-0.25, -0.2) is 0 Å². The minimum Gasteiger partial charge on any atom is -0.497 e. The van der Waals surface area contributed by atoms with Crippen molar-refractivity contribution in [1.82, 2.24) is 4.90 Å². The van der Waals surface area contributed by atoms with Gasteiger partial charge in [0.05, 0.1) is 25.5 Å². The molecule has 156 valence electrons. The molecule has 0 saturated carbocycles. The molecule has 1 heterocycles. The van der Waals surface area contributed by atoms with Crippen molar-refractivity contribution in [3.63, 3.8) is 0 Å². The lowest BCUT2D eigenvalue weighted by Crippen LogP contribution is -2.39. The number of aliphatic hydroxyl groups is 1. The molecule has 29 heavy (non-hydrogen) atoms. The Morgan fingerprint density at radius 3 is 2.76 bits per heavy atom. The lowest BCUT2D eigenvalue weighted by molar-refractivity contribution is 0.00920. The first-order valence-corrected chi connectivity index (χ1v) is 9.96. The fourth-order valence-corrected chi connectivity index (χ4v) is 3.53. The second kappa shape index (κ2) is 10.6. The summed E-state index contributed by atoms with van der Waals surface area (Å²) in [4.78, 5) is 7.84. The first-order valence-electron chi connectivity index (χ1n) is 9.58. The number of rotatable bonds is 10. The molecule has 0 amide bonds. The summed E-state index contributed by atoms with van der Waals surface area (Å²) >= 11 is 5.97. The van der Waals surface area contributed by atoms with Crippen LogP contribution in [-0.4, -0.2) is 61.8 Å². The highest BCUT2D eigenvalue weighted by Gasteiger charge is 2.25. The van der Waals surface area contributed by atoms with E-state index in [1.165, 1.54) is 0 Å². The van der Waals surface area contributed by atoms with Crippen molar-refractivity contribution in [2.75, 3.05) is 33.9 Å². The van der Waals surface area contributed by atoms with E-state index in [1.807, 2.05) is 48.5 Å². The molecule has 6 nitrogen and oxygen atoms in total. The molecular weight excluding hydrogens is 392 g/mol. The highest BCUT2D eigenvalue weighted by atomic mass is 35.5. The van der Waals surface area contributed by atoms with Gasteiger partial charge in [0.25, 0.3) is 0 Å². The third-order valence-electron chi connectivity index (χ3n) is 4.74. The van der Waals surface area contributed by atoms with Gasteiger partial charge < -0.3 is 19.4 Å². The van der Waals surface area contributed by atoms with Gasteiger partial charge in [0.15, 0.2) is 0 Å². The Hall–Kier alpha value is -2.12. The van der Waals surface area contributed by atoms with Crippen LogP contribution in [0, 0.1) is 0 Å². The molecule has 2 atom stereocenters. The standard InChI is InChI=1S/C22H27ClN2O4/c1-27-15-19(26)13-25(12-16-4-3-5-20(10-16)28-2)14-21-11-22(24-29-21)17-6-8-18(23)9-7-17/h3-10,19,21,26H,11-15H2,1-2H3/t19-,21-/m0/s1. The third kappa shape index (κ3) is 6.44. The van der Waals surface area contributed by atoms with E-state index in [4.69, 9.17) is 25.9 Å². The number of aliphatic hydroxyl groups excluding tert-OH is 1. The van der Waals surface area contributed by atoms with E-state index in [9.17, 15) is 5.11 Å². The van der Waals surface area contributed by atoms with E-state index in [0.717, 1.165) is 22.6 Å². The van der Waals surface area contributed by atoms with Crippen LogP contribution in [0.15, 0.2) is 53.7 Å². The number of halogens is 1. The number of methoxy groups -OCH3 is 2. The van der Waals surface area contributed by atoms with Gasteiger partial charge in [0, 0.05) is 38.2 Å². The molecule has 7 heteroatoms. The number of benzene rings is 2. The van der Waals surface area contributed by atoms with E-state index in [0.29, 0.717) is 31.1 Å². The van der Waals surface area contributed by atoms with Crippen molar-refractivity contribution < 1.29 is 19.4 Å². The van der Waals surface area contributed by atoms with Gasteiger partial charge in [-0.05, 0) is 35.4 Å². The monoisotopic (exact) mass is 418 g/mol. The van der Waals surface area contributed by atoms with E-state index < -0.39 is 6.10 Å². The molecule has 0 fully saturated rings. The molecule has 1 N–H and O–H groups in total. The average Bonchev–Trinajstić information content (AvgIpc) is 3.17. The molecule has 2 aromatic rings. The van der Waals surface area contributed by atoms with Crippen LogP contribution < -0.4 is 4.74 Å². The maximum Gasteiger partial charge on any atom is 0.145 e. The predicted octanol–water partition coefficient (Wildman–Crippen LogP) is 3.35. The molecule has 3 rings (SSSR count). The first kappa shape index (κ1) is 21.6. The average molecular weight is 419 g/mol. The molecule has 0 spiro atoms. The smallest absolute Gasteiger partial charge is 0.145 e. The molecule has 1 aliphatic heterocycles. The van der Waals surface area contributed by atoms with Crippen LogP contribution in [0.4, 0.5) is 0 Å². The highest BCUT2D eigenvalue weighted by molar-refractivity contribution is 6.30. The number of ether oxygens (including phenoxy) is 2. The van der Waals surface area contributed by atoms with Crippen LogP contribution in [0.5, 0.6) is 5.75 Å². The van der Waals surface area contributed by atoms with Crippen molar-refractivity contribution in [1.29, 1.82) is 0 Å². The summed E-state index contributed by atoms with van der Waals surface area (Å²) in [5.41, 5.74) is 3.02. The van der Waals surface area contributed by atoms with Gasteiger partial charge in [-0.3, -0.25) is 4.90 Å². The number of nitrogens with zero attached hydrogens (tertiary/aromatic N) is 2. The van der Waals surface area contributed by atoms with Crippen molar-refractivity contribution >= 4 is 17.3 Å². The van der Waals surface area contributed by atoms with Crippen molar-refractivity contribution in [3.05, 3.63) is 64.7 Å². The van der Waals surface area contributed by atoms with E-state index >= 15 is 0 Å². The predicted molar refractivity (Wildman–Crippen MR) is 114 cm³/mol. The summed E-state index contributed by atoms with van der Waals surface area (Å²) in [6.45, 7) is 2.06. The van der Waals surface area contributed by atoms with Gasteiger partial charge in [0.1, 0.15) is 11.9 Å². The molecule has 1 aliphatic rings. The fourth-order valence-electron chi connectivity index (χ4n) is 3.40. The van der Waals surface area contributed by atoms with E-state index in [2.05, 4.69) is 10.1 Å². The Bertz CT molecular complexity index is 813. The van der Waals surface area contributed by atoms with Crippen LogP contribution in [0.25, 0.3) is 0 Å². The van der Waals surface area contributed by atoms with Crippen molar-refractivity contribution in [2.24, 2.45) is 5.16 Å². The number of hydrogen-bond donors (Lipinski definition) is 1. The Labute approximate surface area is 176 Å². The summed E-state index contributed by atoms with van der Waals surface area (Å²) in [5, 5.41) is 15.2. The second-order valence-corrected chi connectivity index (χ2v) is 7.57. The second-order valence-electron chi connectivity index (χ2n) is 7.13. The van der Waals surface area contributed by atoms with Crippen LogP contribution in [0.2, 0.25) is 5.02 Å². The highest BCUT2D eigenvalue weighted by Crippen LogP contribution is 2.21. The molecule has 0 saturated heterocycles. The summed E-state index contributed by atoms with van der Waals surface area (Å²) in [6.07, 6.45) is 0.0427. The topological polar surface area (TPSA) is 63.5 Å².